The normalized spacial score (nSPS) is 11.4. The molecule has 3 aromatic rings. The minimum atomic E-state index is -1.18. The van der Waals surface area contributed by atoms with Gasteiger partial charge in [0.1, 0.15) is 6.04 Å². The molecule has 0 aliphatic heterocycles. The highest BCUT2D eigenvalue weighted by molar-refractivity contribution is 5.98. The fraction of sp³-hybridized carbons (Fsp3) is 0.167. The van der Waals surface area contributed by atoms with Gasteiger partial charge in [0.2, 0.25) is 5.91 Å². The molecular formula is C24H23N3O9. The zero-order chi connectivity index (χ0) is 26.4. The van der Waals surface area contributed by atoms with E-state index in [2.05, 4.69) is 10.6 Å². The zero-order valence-electron chi connectivity index (χ0n) is 18.7. The second-order valence-corrected chi connectivity index (χ2v) is 7.88. The summed E-state index contributed by atoms with van der Waals surface area (Å²) >= 11 is 0. The first-order valence-corrected chi connectivity index (χ1v) is 10.6. The molecule has 0 fully saturated rings. The Morgan fingerprint density at radius 2 is 1.39 bits per heavy atom. The van der Waals surface area contributed by atoms with Crippen LogP contribution >= 0.6 is 0 Å². The Kier molecular flexibility index (Phi) is 7.79. The fourth-order valence-corrected chi connectivity index (χ4v) is 3.37. The lowest BCUT2D eigenvalue weighted by Gasteiger charge is -2.19. The third kappa shape index (κ3) is 6.32. The van der Waals surface area contributed by atoms with Crippen molar-refractivity contribution in [2.45, 2.75) is 18.9 Å². The molecule has 12 heteroatoms. The number of hydrogen-bond acceptors (Lipinski definition) is 9. The molecule has 3 aromatic carbocycles. The van der Waals surface area contributed by atoms with Crippen LogP contribution in [0.5, 0.6) is 28.7 Å². The minimum absolute atomic E-state index is 0.0917. The van der Waals surface area contributed by atoms with Crippen molar-refractivity contribution < 1.29 is 40.0 Å². The average Bonchev–Trinajstić information content (AvgIpc) is 2.83. The predicted molar refractivity (Wildman–Crippen MR) is 126 cm³/mol. The van der Waals surface area contributed by atoms with Crippen molar-refractivity contribution in [3.05, 3.63) is 81.4 Å². The highest BCUT2D eigenvalue weighted by atomic mass is 16.6. The van der Waals surface area contributed by atoms with Crippen molar-refractivity contribution in [3.8, 4) is 28.7 Å². The average molecular weight is 497 g/mol. The summed E-state index contributed by atoms with van der Waals surface area (Å²) < 4.78 is 0. The van der Waals surface area contributed by atoms with E-state index in [9.17, 15) is 45.2 Å². The van der Waals surface area contributed by atoms with Crippen molar-refractivity contribution in [3.63, 3.8) is 0 Å². The number of rotatable bonds is 9. The van der Waals surface area contributed by atoms with Gasteiger partial charge >= 0.3 is 5.69 Å². The van der Waals surface area contributed by atoms with Gasteiger partial charge in [-0.2, -0.15) is 0 Å². The SMILES string of the molecule is O=C(N[C@@H](Cc1ccc(O)c(O)c1)C(=O)NCCc1ccc(O)c(O)c1)c1ccc(O)c([N+](=O)[O-])c1. The lowest BCUT2D eigenvalue weighted by atomic mass is 10.0. The van der Waals surface area contributed by atoms with E-state index in [4.69, 9.17) is 0 Å². The van der Waals surface area contributed by atoms with Crippen LogP contribution in [-0.4, -0.2) is 54.9 Å². The lowest BCUT2D eigenvalue weighted by Crippen LogP contribution is -2.48. The van der Waals surface area contributed by atoms with Crippen LogP contribution in [0.15, 0.2) is 54.6 Å². The van der Waals surface area contributed by atoms with Crippen LogP contribution in [0.3, 0.4) is 0 Å². The lowest BCUT2D eigenvalue weighted by molar-refractivity contribution is -0.385. The first kappa shape index (κ1) is 25.6. The topological polar surface area (TPSA) is 202 Å². The molecule has 0 radical (unpaired) electrons. The van der Waals surface area contributed by atoms with Crippen LogP contribution in [0.2, 0.25) is 0 Å². The third-order valence-corrected chi connectivity index (χ3v) is 5.29. The number of nitrogens with one attached hydrogen (secondary N) is 2. The number of aromatic hydroxyl groups is 5. The number of carbonyl (C=O) groups is 2. The Bertz CT molecular complexity index is 1310. The van der Waals surface area contributed by atoms with Gasteiger partial charge in [0, 0.05) is 24.6 Å². The largest absolute Gasteiger partial charge is 0.504 e. The molecule has 0 aliphatic carbocycles. The quantitative estimate of drug-likeness (QED) is 0.131. The van der Waals surface area contributed by atoms with Gasteiger partial charge in [-0.1, -0.05) is 12.1 Å². The number of amides is 2. The molecular weight excluding hydrogens is 474 g/mol. The van der Waals surface area contributed by atoms with E-state index in [1.54, 1.807) is 6.07 Å². The number of hydrogen-bond donors (Lipinski definition) is 7. The molecule has 0 aliphatic rings. The second kappa shape index (κ2) is 11.0. The number of benzene rings is 3. The Balaban J connectivity index is 1.76. The molecule has 12 nitrogen and oxygen atoms in total. The molecule has 0 saturated heterocycles. The second-order valence-electron chi connectivity index (χ2n) is 7.88. The Hall–Kier alpha value is -5.00. The van der Waals surface area contributed by atoms with E-state index >= 15 is 0 Å². The Morgan fingerprint density at radius 1 is 0.806 bits per heavy atom. The predicted octanol–water partition coefficient (Wildman–Crippen LogP) is 1.82. The smallest absolute Gasteiger partial charge is 0.311 e. The van der Waals surface area contributed by atoms with Crippen LogP contribution in [0.25, 0.3) is 0 Å². The monoisotopic (exact) mass is 497 g/mol. The molecule has 0 spiro atoms. The molecule has 2 amide bonds. The van der Waals surface area contributed by atoms with Crippen molar-refractivity contribution in [1.29, 1.82) is 0 Å². The standard InChI is InChI=1S/C24H23N3O9/c28-18-6-3-15(12-17(18)27(35)36)23(33)26-16(9-14-2-5-20(30)22(32)11-14)24(34)25-8-7-13-1-4-19(29)21(31)10-13/h1-6,10-12,16,28-32H,7-9H2,(H,25,34)(H,26,33)/t16-/m0/s1. The van der Waals surface area contributed by atoms with Gasteiger partial charge in [-0.25, -0.2) is 0 Å². The van der Waals surface area contributed by atoms with E-state index in [0.717, 1.165) is 18.2 Å². The molecule has 0 heterocycles. The van der Waals surface area contributed by atoms with Crippen LogP contribution in [0.4, 0.5) is 5.69 Å². The van der Waals surface area contributed by atoms with Crippen LogP contribution in [0.1, 0.15) is 21.5 Å². The molecule has 0 unspecified atom stereocenters. The Labute approximate surface area is 204 Å². The van der Waals surface area contributed by atoms with E-state index < -0.39 is 40.0 Å². The number of phenols is 5. The van der Waals surface area contributed by atoms with Gasteiger partial charge in [-0.05, 0) is 53.9 Å². The van der Waals surface area contributed by atoms with Crippen LogP contribution < -0.4 is 10.6 Å². The Morgan fingerprint density at radius 3 is 2.00 bits per heavy atom. The van der Waals surface area contributed by atoms with E-state index in [0.29, 0.717) is 17.5 Å². The van der Waals surface area contributed by atoms with Gasteiger partial charge in [0.05, 0.1) is 4.92 Å². The molecule has 1 atom stereocenters. The van der Waals surface area contributed by atoms with E-state index in [1.165, 1.54) is 30.3 Å². The summed E-state index contributed by atoms with van der Waals surface area (Å²) in [5.41, 5.74) is 0.201. The summed E-state index contributed by atoms with van der Waals surface area (Å²) in [6, 6.07) is 9.98. The number of carbonyl (C=O) groups excluding carboxylic acids is 2. The molecule has 36 heavy (non-hydrogen) atoms. The molecule has 188 valence electrons. The maximum Gasteiger partial charge on any atom is 0.311 e. The van der Waals surface area contributed by atoms with Crippen LogP contribution in [0, 0.1) is 10.1 Å². The highest BCUT2D eigenvalue weighted by Gasteiger charge is 2.24. The fourth-order valence-electron chi connectivity index (χ4n) is 3.37. The van der Waals surface area contributed by atoms with E-state index in [-0.39, 0.29) is 35.8 Å². The summed E-state index contributed by atoms with van der Waals surface area (Å²) in [6.07, 6.45) is 0.204. The molecule has 7 N–H and O–H groups in total. The number of nitrogens with zero attached hydrogens (tertiary/aromatic N) is 1. The number of nitro benzene ring substituents is 1. The van der Waals surface area contributed by atoms with Gasteiger partial charge in [-0.3, -0.25) is 19.7 Å². The van der Waals surface area contributed by atoms with Gasteiger partial charge in [-0.15, -0.1) is 0 Å². The van der Waals surface area contributed by atoms with Crippen molar-refractivity contribution in [1.82, 2.24) is 10.6 Å². The summed E-state index contributed by atoms with van der Waals surface area (Å²) in [5.74, 6) is -3.41. The number of nitro groups is 1. The molecule has 3 rings (SSSR count). The maximum absolute atomic E-state index is 12.9. The van der Waals surface area contributed by atoms with Crippen molar-refractivity contribution in [2.75, 3.05) is 6.54 Å². The summed E-state index contributed by atoms with van der Waals surface area (Å²) in [6.45, 7) is 0.112. The van der Waals surface area contributed by atoms with Gasteiger partial charge in [0.25, 0.3) is 5.91 Å². The first-order chi connectivity index (χ1) is 17.0. The van der Waals surface area contributed by atoms with Crippen LogP contribution in [-0.2, 0) is 17.6 Å². The highest BCUT2D eigenvalue weighted by Crippen LogP contribution is 2.27. The molecule has 0 saturated carbocycles. The summed E-state index contributed by atoms with van der Waals surface area (Å²) in [7, 11) is 0. The number of phenolic OH excluding ortho intramolecular Hbond substituents is 5. The minimum Gasteiger partial charge on any atom is -0.504 e. The van der Waals surface area contributed by atoms with Crippen molar-refractivity contribution in [2.24, 2.45) is 0 Å². The van der Waals surface area contributed by atoms with Gasteiger partial charge < -0.3 is 36.2 Å². The maximum atomic E-state index is 12.9. The third-order valence-electron chi connectivity index (χ3n) is 5.29. The molecule has 0 aromatic heterocycles. The van der Waals surface area contributed by atoms with E-state index in [1.807, 2.05) is 0 Å². The first-order valence-electron chi connectivity index (χ1n) is 10.6. The van der Waals surface area contributed by atoms with Crippen molar-refractivity contribution >= 4 is 17.5 Å². The summed E-state index contributed by atoms with van der Waals surface area (Å²) in [5, 5.41) is 64.1. The zero-order valence-corrected chi connectivity index (χ0v) is 18.7. The molecule has 0 bridgehead atoms. The van der Waals surface area contributed by atoms with Gasteiger partial charge in [0.15, 0.2) is 28.7 Å². The summed E-state index contributed by atoms with van der Waals surface area (Å²) in [4.78, 5) is 35.9.